The average Bonchev–Trinajstić information content (AvgIpc) is 2.05. The molecule has 0 amide bonds. The maximum Gasteiger partial charge on any atom is 0.135 e. The molecule has 2 bridgehead atoms. The Bertz CT molecular complexity index is 498. The maximum absolute atomic E-state index is 9.31. The van der Waals surface area contributed by atoms with Crippen molar-refractivity contribution in [1.29, 1.82) is 0 Å². The Kier molecular flexibility index (Phi) is 1.36. The normalized spacial score (nSPS) is 19.4. The van der Waals surface area contributed by atoms with Crippen molar-refractivity contribution in [2.75, 3.05) is 0 Å². The fourth-order valence-electron chi connectivity index (χ4n) is 1.58. The Morgan fingerprint density at radius 2 is 2.00 bits per heavy atom. The monoisotopic (exact) mass is 184 g/mol. The van der Waals surface area contributed by atoms with E-state index < -0.39 is 0 Å². The van der Waals surface area contributed by atoms with E-state index in [0.29, 0.717) is 0 Å². The van der Waals surface area contributed by atoms with Gasteiger partial charge in [0.25, 0.3) is 0 Å². The van der Waals surface area contributed by atoms with Crippen molar-refractivity contribution in [3.8, 4) is 5.75 Å². The molecular formula is C11H8N2O. The summed E-state index contributed by atoms with van der Waals surface area (Å²) in [4.78, 5) is 8.59. The summed E-state index contributed by atoms with van der Waals surface area (Å²) in [5, 5.41) is 9.31. The van der Waals surface area contributed by atoms with Crippen LogP contribution in [0.5, 0.6) is 5.75 Å². The first-order valence-corrected chi connectivity index (χ1v) is 4.47. The van der Waals surface area contributed by atoms with Crippen LogP contribution in [0.25, 0.3) is 6.08 Å². The van der Waals surface area contributed by atoms with Gasteiger partial charge in [0, 0.05) is 5.56 Å². The minimum Gasteiger partial charge on any atom is -0.508 e. The number of aromatic hydroxyl groups is 1. The summed E-state index contributed by atoms with van der Waals surface area (Å²) in [6.45, 7) is 0. The Hall–Kier alpha value is -1.90. The number of allylic oxidation sites excluding steroid dienone is 1. The summed E-state index contributed by atoms with van der Waals surface area (Å²) in [6.07, 6.45) is 4.76. The lowest BCUT2D eigenvalue weighted by molar-refractivity contribution is 0.475. The van der Waals surface area contributed by atoms with E-state index in [2.05, 4.69) is 9.98 Å². The smallest absolute Gasteiger partial charge is 0.135 e. The van der Waals surface area contributed by atoms with Gasteiger partial charge in [-0.25, -0.2) is 9.98 Å². The molecule has 0 aliphatic carbocycles. The Morgan fingerprint density at radius 3 is 2.86 bits per heavy atom. The highest BCUT2D eigenvalue weighted by Crippen LogP contribution is 2.29. The fourth-order valence-corrected chi connectivity index (χ4v) is 1.58. The lowest BCUT2D eigenvalue weighted by Crippen LogP contribution is -2.16. The van der Waals surface area contributed by atoms with Crippen molar-refractivity contribution < 1.29 is 5.11 Å². The first kappa shape index (κ1) is 7.50. The molecule has 0 saturated carbocycles. The zero-order valence-corrected chi connectivity index (χ0v) is 7.44. The molecule has 4 rings (SSSR count). The third-order valence-electron chi connectivity index (χ3n) is 2.33. The van der Waals surface area contributed by atoms with E-state index in [9.17, 15) is 5.11 Å². The van der Waals surface area contributed by atoms with Crippen LogP contribution in [0.15, 0.2) is 34.3 Å². The van der Waals surface area contributed by atoms with E-state index in [-0.39, 0.29) is 5.75 Å². The van der Waals surface area contributed by atoms with Crippen molar-refractivity contribution in [3.05, 3.63) is 29.8 Å². The molecule has 0 fully saturated rings. The molecule has 0 aromatic heterocycles. The van der Waals surface area contributed by atoms with Crippen LogP contribution in [-0.2, 0) is 0 Å². The first-order valence-electron chi connectivity index (χ1n) is 4.47. The van der Waals surface area contributed by atoms with Crippen molar-refractivity contribution in [2.45, 2.75) is 6.42 Å². The summed E-state index contributed by atoms with van der Waals surface area (Å²) in [6, 6.07) is 5.16. The summed E-state index contributed by atoms with van der Waals surface area (Å²) in [5.41, 5.74) is 2.86. The van der Waals surface area contributed by atoms with Crippen LogP contribution < -0.4 is 0 Å². The van der Waals surface area contributed by atoms with Crippen molar-refractivity contribution in [3.63, 3.8) is 0 Å². The molecule has 1 aromatic rings. The van der Waals surface area contributed by atoms with Gasteiger partial charge in [0.05, 0.1) is 17.8 Å². The van der Waals surface area contributed by atoms with Gasteiger partial charge in [-0.3, -0.25) is 0 Å². The van der Waals surface area contributed by atoms with Crippen LogP contribution in [0.4, 0.5) is 5.69 Å². The largest absolute Gasteiger partial charge is 0.508 e. The Morgan fingerprint density at radius 1 is 1.14 bits per heavy atom. The highest BCUT2D eigenvalue weighted by atomic mass is 16.3. The van der Waals surface area contributed by atoms with Gasteiger partial charge in [-0.1, -0.05) is 6.08 Å². The summed E-state index contributed by atoms with van der Waals surface area (Å²) in [5.74, 6) is 1.14. The molecule has 0 spiro atoms. The predicted molar refractivity (Wildman–Crippen MR) is 56.3 cm³/mol. The quantitative estimate of drug-likeness (QED) is 0.660. The number of amidine groups is 1. The lowest BCUT2D eigenvalue weighted by atomic mass is 10.1. The van der Waals surface area contributed by atoms with Crippen LogP contribution in [0.2, 0.25) is 0 Å². The minimum absolute atomic E-state index is 0.268. The van der Waals surface area contributed by atoms with E-state index in [0.717, 1.165) is 29.2 Å². The second-order valence-electron chi connectivity index (χ2n) is 3.38. The third-order valence-corrected chi connectivity index (χ3v) is 2.33. The second kappa shape index (κ2) is 2.54. The number of benzene rings is 1. The number of hydrogen-bond donors (Lipinski definition) is 1. The zero-order valence-electron chi connectivity index (χ0n) is 7.44. The second-order valence-corrected chi connectivity index (χ2v) is 3.38. The molecule has 1 aromatic carbocycles. The topological polar surface area (TPSA) is 45.0 Å². The average molecular weight is 184 g/mol. The number of aliphatic imine (C=N–C) groups is 2. The van der Waals surface area contributed by atoms with Crippen LogP contribution in [0.1, 0.15) is 12.0 Å². The minimum atomic E-state index is 0.268. The van der Waals surface area contributed by atoms with Crippen molar-refractivity contribution >= 4 is 23.3 Å². The highest BCUT2D eigenvalue weighted by molar-refractivity contribution is 6.23. The van der Waals surface area contributed by atoms with E-state index in [1.165, 1.54) is 0 Å². The van der Waals surface area contributed by atoms with Gasteiger partial charge in [-0.15, -0.1) is 0 Å². The Balaban J connectivity index is 2.21. The van der Waals surface area contributed by atoms with E-state index in [1.807, 2.05) is 12.2 Å². The highest BCUT2D eigenvalue weighted by Gasteiger charge is 2.16. The molecule has 3 heteroatoms. The SMILES string of the molecule is Oc1ccc2c(c1)/C=C\C1=NC(=N2)C1. The van der Waals surface area contributed by atoms with Gasteiger partial charge in [0.15, 0.2) is 0 Å². The molecule has 0 unspecified atom stereocenters. The molecule has 0 atom stereocenters. The number of nitrogens with zero attached hydrogens (tertiary/aromatic N) is 2. The van der Waals surface area contributed by atoms with Crippen LogP contribution in [0, 0.1) is 0 Å². The molecule has 3 nitrogen and oxygen atoms in total. The van der Waals surface area contributed by atoms with E-state index in [1.54, 1.807) is 18.2 Å². The first-order chi connectivity index (χ1) is 6.81. The summed E-state index contributed by atoms with van der Waals surface area (Å²) >= 11 is 0. The maximum atomic E-state index is 9.31. The number of phenolic OH excluding ortho intramolecular Hbond substituents is 1. The van der Waals surface area contributed by atoms with Crippen LogP contribution >= 0.6 is 0 Å². The molecule has 3 aliphatic rings. The predicted octanol–water partition coefficient (Wildman–Crippen LogP) is 2.29. The number of phenols is 1. The molecule has 3 aliphatic heterocycles. The summed E-state index contributed by atoms with van der Waals surface area (Å²) < 4.78 is 0. The Labute approximate surface area is 81.1 Å². The zero-order chi connectivity index (χ0) is 9.54. The van der Waals surface area contributed by atoms with E-state index >= 15 is 0 Å². The molecule has 0 saturated heterocycles. The summed E-state index contributed by atoms with van der Waals surface area (Å²) in [7, 11) is 0. The van der Waals surface area contributed by atoms with Gasteiger partial charge >= 0.3 is 0 Å². The molecule has 0 radical (unpaired) electrons. The fraction of sp³-hybridized carbons (Fsp3) is 0.0909. The molecule has 3 heterocycles. The van der Waals surface area contributed by atoms with Gasteiger partial charge in [-0.2, -0.15) is 0 Å². The molecule has 1 N–H and O–H groups in total. The van der Waals surface area contributed by atoms with Crippen molar-refractivity contribution in [1.82, 2.24) is 0 Å². The van der Waals surface area contributed by atoms with Gasteiger partial charge < -0.3 is 5.11 Å². The van der Waals surface area contributed by atoms with Gasteiger partial charge in [-0.05, 0) is 24.3 Å². The van der Waals surface area contributed by atoms with Crippen LogP contribution in [-0.4, -0.2) is 16.7 Å². The number of hydrogen-bond acceptors (Lipinski definition) is 3. The van der Waals surface area contributed by atoms with E-state index in [4.69, 9.17) is 0 Å². The lowest BCUT2D eigenvalue weighted by Gasteiger charge is -2.15. The van der Waals surface area contributed by atoms with Crippen LogP contribution in [0.3, 0.4) is 0 Å². The molecule has 14 heavy (non-hydrogen) atoms. The standard InChI is InChI=1S/C11H8N2O/c14-9-3-4-10-7(5-9)1-2-8-6-11(12-8)13-10/h1-5,14H,6H2/b2-1-,7-1?,8-2?,13-10?,13-11?. The molecular weight excluding hydrogens is 176 g/mol. The van der Waals surface area contributed by atoms with Crippen molar-refractivity contribution in [2.24, 2.45) is 9.98 Å². The molecule has 68 valence electrons. The van der Waals surface area contributed by atoms with Gasteiger partial charge in [0.2, 0.25) is 0 Å². The van der Waals surface area contributed by atoms with Gasteiger partial charge in [0.1, 0.15) is 11.6 Å². The third kappa shape index (κ3) is 1.06. The number of rotatable bonds is 0.